The first-order chi connectivity index (χ1) is 13.0. The van der Waals surface area contributed by atoms with Gasteiger partial charge < -0.3 is 9.32 Å². The number of carbonyl (C=O) groups excluding carboxylic acids is 1. The summed E-state index contributed by atoms with van der Waals surface area (Å²) in [6, 6.07) is 11.5. The van der Waals surface area contributed by atoms with E-state index in [4.69, 9.17) is 4.42 Å². The number of carbonyl (C=O) groups is 1. The lowest BCUT2D eigenvalue weighted by atomic mass is 10.1. The first-order valence-corrected chi connectivity index (χ1v) is 9.84. The number of amides is 1. The fraction of sp³-hybridized carbons (Fsp3) is 0.350. The van der Waals surface area contributed by atoms with Crippen molar-refractivity contribution >= 4 is 17.7 Å². The molecule has 0 aliphatic carbocycles. The van der Waals surface area contributed by atoms with E-state index in [-0.39, 0.29) is 5.91 Å². The molecule has 0 spiro atoms. The third-order valence-electron chi connectivity index (χ3n) is 3.95. The molecule has 0 saturated heterocycles. The lowest BCUT2D eigenvalue weighted by molar-refractivity contribution is 0.0827. The van der Waals surface area contributed by atoms with E-state index >= 15 is 0 Å². The number of hydrogen-bond donors (Lipinski definition) is 0. The fourth-order valence-electron chi connectivity index (χ4n) is 2.71. The Morgan fingerprint density at radius 2 is 2.04 bits per heavy atom. The van der Waals surface area contributed by atoms with Crippen molar-refractivity contribution in [3.8, 4) is 11.6 Å². The van der Waals surface area contributed by atoms with E-state index in [2.05, 4.69) is 28.6 Å². The van der Waals surface area contributed by atoms with Crippen LogP contribution in [0.2, 0.25) is 0 Å². The second kappa shape index (κ2) is 8.43. The molecule has 1 aromatic carbocycles. The van der Waals surface area contributed by atoms with E-state index in [1.807, 2.05) is 36.4 Å². The Morgan fingerprint density at radius 3 is 2.70 bits per heavy atom. The largest absolute Gasteiger partial charge is 0.461 e. The molecule has 2 heterocycles. The summed E-state index contributed by atoms with van der Waals surface area (Å²) in [5, 5.41) is 9.54. The van der Waals surface area contributed by atoms with Crippen LogP contribution in [0.4, 0.5) is 0 Å². The number of benzene rings is 1. The van der Waals surface area contributed by atoms with Gasteiger partial charge in [-0.05, 0) is 35.7 Å². The first-order valence-electron chi connectivity index (χ1n) is 8.86. The Balaban J connectivity index is 1.80. The number of hydrogen-bond acceptors (Lipinski definition) is 5. The van der Waals surface area contributed by atoms with Crippen LogP contribution in [0.3, 0.4) is 0 Å². The Kier molecular flexibility index (Phi) is 6.01. The van der Waals surface area contributed by atoms with Crippen LogP contribution in [0.1, 0.15) is 29.8 Å². The summed E-state index contributed by atoms with van der Waals surface area (Å²) in [7, 11) is 3.52. The summed E-state index contributed by atoms with van der Waals surface area (Å²) in [4.78, 5) is 13.7. The van der Waals surface area contributed by atoms with E-state index < -0.39 is 0 Å². The summed E-state index contributed by atoms with van der Waals surface area (Å²) < 4.78 is 7.61. The summed E-state index contributed by atoms with van der Waals surface area (Å²) in [5.41, 5.74) is 1.77. The maximum absolute atomic E-state index is 12.2. The molecule has 2 aromatic heterocycles. The molecule has 0 saturated carbocycles. The minimum absolute atomic E-state index is 0.00456. The van der Waals surface area contributed by atoms with Gasteiger partial charge in [0, 0.05) is 32.0 Å². The Morgan fingerprint density at radius 1 is 1.22 bits per heavy atom. The highest BCUT2D eigenvalue weighted by Gasteiger charge is 2.17. The van der Waals surface area contributed by atoms with E-state index in [0.29, 0.717) is 23.0 Å². The van der Waals surface area contributed by atoms with Crippen LogP contribution in [0, 0.1) is 5.92 Å². The summed E-state index contributed by atoms with van der Waals surface area (Å²) in [6.07, 6.45) is 1.64. The number of furan rings is 1. The van der Waals surface area contributed by atoms with Crippen LogP contribution in [0.15, 0.2) is 52.2 Å². The summed E-state index contributed by atoms with van der Waals surface area (Å²) in [5.74, 6) is 2.63. The predicted molar refractivity (Wildman–Crippen MR) is 107 cm³/mol. The van der Waals surface area contributed by atoms with Gasteiger partial charge in [0.1, 0.15) is 0 Å². The Bertz CT molecular complexity index is 901. The van der Waals surface area contributed by atoms with E-state index in [9.17, 15) is 4.79 Å². The highest BCUT2D eigenvalue weighted by Crippen LogP contribution is 2.27. The normalized spacial score (nSPS) is 11.1. The van der Waals surface area contributed by atoms with Gasteiger partial charge in [0.05, 0.1) is 6.26 Å². The highest BCUT2D eigenvalue weighted by atomic mass is 32.2. The standard InChI is InChI=1S/C20H24N4O2S/c1-14(2)12-24-18(17-9-6-10-26-17)21-22-20(24)27-13-15-7-5-8-16(11-15)19(25)23(3)4/h5-11,14H,12-13H2,1-4H3. The average molecular weight is 385 g/mol. The highest BCUT2D eigenvalue weighted by molar-refractivity contribution is 7.98. The molecule has 3 rings (SSSR count). The molecule has 0 atom stereocenters. The van der Waals surface area contributed by atoms with Gasteiger partial charge in [-0.3, -0.25) is 9.36 Å². The molecule has 0 fully saturated rings. The fourth-order valence-corrected chi connectivity index (χ4v) is 3.60. The lowest BCUT2D eigenvalue weighted by Crippen LogP contribution is -2.21. The van der Waals surface area contributed by atoms with E-state index in [1.54, 1.807) is 37.0 Å². The molecule has 0 unspecified atom stereocenters. The molecule has 142 valence electrons. The minimum atomic E-state index is 0.00456. The van der Waals surface area contributed by atoms with Gasteiger partial charge in [-0.25, -0.2) is 0 Å². The molecule has 0 N–H and O–H groups in total. The van der Waals surface area contributed by atoms with Crippen LogP contribution in [-0.2, 0) is 12.3 Å². The molecule has 1 amide bonds. The number of aromatic nitrogens is 3. The molecular weight excluding hydrogens is 360 g/mol. The molecule has 27 heavy (non-hydrogen) atoms. The Hall–Kier alpha value is -2.54. The maximum Gasteiger partial charge on any atom is 0.253 e. The molecule has 0 bridgehead atoms. The zero-order valence-electron chi connectivity index (χ0n) is 16.0. The van der Waals surface area contributed by atoms with Gasteiger partial charge in [0.2, 0.25) is 0 Å². The van der Waals surface area contributed by atoms with Crippen molar-refractivity contribution in [2.75, 3.05) is 14.1 Å². The number of rotatable bonds is 7. The van der Waals surface area contributed by atoms with Gasteiger partial charge >= 0.3 is 0 Å². The van der Waals surface area contributed by atoms with Gasteiger partial charge in [0.15, 0.2) is 16.7 Å². The van der Waals surface area contributed by atoms with Crippen molar-refractivity contribution in [2.24, 2.45) is 5.92 Å². The number of thioether (sulfide) groups is 1. The third kappa shape index (κ3) is 4.60. The van der Waals surface area contributed by atoms with Crippen LogP contribution < -0.4 is 0 Å². The zero-order valence-corrected chi connectivity index (χ0v) is 16.9. The van der Waals surface area contributed by atoms with Crippen molar-refractivity contribution in [3.63, 3.8) is 0 Å². The van der Waals surface area contributed by atoms with E-state index in [1.165, 1.54) is 0 Å². The average Bonchev–Trinajstić information content (AvgIpc) is 3.29. The SMILES string of the molecule is CC(C)Cn1c(SCc2cccc(C(=O)N(C)C)c2)nnc1-c1ccco1. The monoisotopic (exact) mass is 384 g/mol. The van der Waals surface area contributed by atoms with Crippen molar-refractivity contribution in [1.29, 1.82) is 0 Å². The van der Waals surface area contributed by atoms with Crippen LogP contribution in [-0.4, -0.2) is 39.7 Å². The van der Waals surface area contributed by atoms with E-state index in [0.717, 1.165) is 23.1 Å². The lowest BCUT2D eigenvalue weighted by Gasteiger charge is -2.12. The molecular formula is C20H24N4O2S. The molecule has 0 radical (unpaired) electrons. The van der Waals surface area contributed by atoms with Crippen molar-refractivity contribution < 1.29 is 9.21 Å². The van der Waals surface area contributed by atoms with Gasteiger partial charge in [-0.15, -0.1) is 10.2 Å². The molecule has 6 nitrogen and oxygen atoms in total. The Labute approximate surface area is 163 Å². The molecule has 7 heteroatoms. The molecule has 0 aliphatic heterocycles. The van der Waals surface area contributed by atoms with Gasteiger partial charge in [-0.1, -0.05) is 37.7 Å². The minimum Gasteiger partial charge on any atom is -0.461 e. The smallest absolute Gasteiger partial charge is 0.253 e. The second-order valence-electron chi connectivity index (χ2n) is 6.98. The van der Waals surface area contributed by atoms with Crippen LogP contribution in [0.25, 0.3) is 11.6 Å². The van der Waals surface area contributed by atoms with Crippen LogP contribution >= 0.6 is 11.8 Å². The van der Waals surface area contributed by atoms with Crippen molar-refractivity contribution in [2.45, 2.75) is 31.3 Å². The van der Waals surface area contributed by atoms with Gasteiger partial charge in [-0.2, -0.15) is 0 Å². The first kappa shape index (κ1) is 19.2. The van der Waals surface area contributed by atoms with Crippen molar-refractivity contribution in [3.05, 3.63) is 53.8 Å². The quantitative estimate of drug-likeness (QED) is 0.572. The molecule has 0 aliphatic rings. The summed E-state index contributed by atoms with van der Waals surface area (Å²) in [6.45, 7) is 5.14. The van der Waals surface area contributed by atoms with Gasteiger partial charge in [0.25, 0.3) is 5.91 Å². The molecule has 3 aromatic rings. The predicted octanol–water partition coefficient (Wildman–Crippen LogP) is 4.19. The zero-order chi connectivity index (χ0) is 19.4. The third-order valence-corrected chi connectivity index (χ3v) is 4.99. The summed E-state index contributed by atoms with van der Waals surface area (Å²) >= 11 is 1.61. The maximum atomic E-state index is 12.2. The number of nitrogens with zero attached hydrogens (tertiary/aromatic N) is 4. The topological polar surface area (TPSA) is 64.2 Å². The van der Waals surface area contributed by atoms with Crippen molar-refractivity contribution in [1.82, 2.24) is 19.7 Å². The second-order valence-corrected chi connectivity index (χ2v) is 7.92. The van der Waals surface area contributed by atoms with Crippen LogP contribution in [0.5, 0.6) is 0 Å².